The van der Waals surface area contributed by atoms with Crippen LogP contribution in [0.4, 0.5) is 0 Å². The van der Waals surface area contributed by atoms with Gasteiger partial charge in [0.15, 0.2) is 0 Å². The van der Waals surface area contributed by atoms with E-state index in [1.54, 1.807) is 11.3 Å². The first-order valence-electron chi connectivity index (χ1n) is 4.52. The topological polar surface area (TPSA) is 0 Å². The molecule has 0 amide bonds. The number of alkyl halides is 1. The molecule has 0 aliphatic heterocycles. The van der Waals surface area contributed by atoms with Crippen molar-refractivity contribution in [1.82, 2.24) is 0 Å². The van der Waals surface area contributed by atoms with Crippen LogP contribution >= 0.6 is 27.3 Å². The van der Waals surface area contributed by atoms with Gasteiger partial charge in [-0.15, -0.1) is 11.3 Å². The van der Waals surface area contributed by atoms with Gasteiger partial charge in [0.1, 0.15) is 0 Å². The monoisotopic (exact) mass is 266 g/mol. The smallest absolute Gasteiger partial charge is 0.0740 e. The van der Waals surface area contributed by atoms with Crippen molar-refractivity contribution < 1.29 is 0 Å². The van der Waals surface area contributed by atoms with Gasteiger partial charge in [-0.1, -0.05) is 46.3 Å². The minimum atomic E-state index is 0.337. The largest absolute Gasteiger partial charge is 0.147 e. The molecule has 72 valence electrons. The lowest BCUT2D eigenvalue weighted by Gasteiger charge is -2.08. The molecular weight excluding hydrogens is 256 g/mol. The molecule has 0 aliphatic rings. The van der Waals surface area contributed by atoms with Gasteiger partial charge in [-0.2, -0.15) is 0 Å². The SMILES string of the molecule is Cc1ccsc1C(Br)c1ccccc1. The second-order valence-electron chi connectivity index (χ2n) is 3.24. The van der Waals surface area contributed by atoms with E-state index in [4.69, 9.17) is 0 Å². The van der Waals surface area contributed by atoms with Crippen LogP contribution < -0.4 is 0 Å². The third-order valence-corrected chi connectivity index (χ3v) is 4.60. The molecule has 0 saturated heterocycles. The second kappa shape index (κ2) is 4.28. The highest BCUT2D eigenvalue weighted by atomic mass is 79.9. The van der Waals surface area contributed by atoms with E-state index in [-0.39, 0.29) is 0 Å². The molecule has 1 aromatic carbocycles. The number of halogens is 1. The zero-order valence-electron chi connectivity index (χ0n) is 7.91. The Balaban J connectivity index is 2.34. The molecule has 0 N–H and O–H groups in total. The minimum absolute atomic E-state index is 0.337. The van der Waals surface area contributed by atoms with Crippen LogP contribution in [0, 0.1) is 6.92 Å². The Morgan fingerprint density at radius 3 is 2.43 bits per heavy atom. The lowest BCUT2D eigenvalue weighted by molar-refractivity contribution is 1.20. The van der Waals surface area contributed by atoms with Crippen molar-refractivity contribution in [2.24, 2.45) is 0 Å². The van der Waals surface area contributed by atoms with Gasteiger partial charge in [0.25, 0.3) is 0 Å². The molecule has 0 radical (unpaired) electrons. The van der Waals surface area contributed by atoms with Gasteiger partial charge in [0.05, 0.1) is 4.83 Å². The zero-order valence-corrected chi connectivity index (χ0v) is 10.3. The molecular formula is C12H11BrS. The highest BCUT2D eigenvalue weighted by molar-refractivity contribution is 9.09. The Morgan fingerprint density at radius 2 is 1.86 bits per heavy atom. The van der Waals surface area contributed by atoms with Crippen LogP contribution in [0.5, 0.6) is 0 Å². The van der Waals surface area contributed by atoms with Crippen molar-refractivity contribution in [2.75, 3.05) is 0 Å². The van der Waals surface area contributed by atoms with E-state index < -0.39 is 0 Å². The third-order valence-electron chi connectivity index (χ3n) is 2.22. The zero-order chi connectivity index (χ0) is 9.97. The summed E-state index contributed by atoms with van der Waals surface area (Å²) in [4.78, 5) is 1.74. The average Bonchev–Trinajstić information content (AvgIpc) is 2.65. The normalized spacial score (nSPS) is 12.7. The Labute approximate surface area is 96.7 Å². The maximum atomic E-state index is 3.73. The summed E-state index contributed by atoms with van der Waals surface area (Å²) in [6.45, 7) is 2.16. The van der Waals surface area contributed by atoms with Crippen molar-refractivity contribution in [3.8, 4) is 0 Å². The van der Waals surface area contributed by atoms with E-state index in [0.29, 0.717) is 4.83 Å². The standard InChI is InChI=1S/C12H11BrS/c1-9-7-8-14-12(9)11(13)10-5-3-2-4-6-10/h2-8,11H,1H3. The fourth-order valence-corrected chi connectivity index (χ4v) is 3.34. The summed E-state index contributed by atoms with van der Waals surface area (Å²) in [6.07, 6.45) is 0. The molecule has 1 atom stereocenters. The fourth-order valence-electron chi connectivity index (χ4n) is 1.42. The summed E-state index contributed by atoms with van der Waals surface area (Å²) in [6, 6.07) is 12.7. The summed E-state index contributed by atoms with van der Waals surface area (Å²) in [7, 11) is 0. The van der Waals surface area contributed by atoms with Crippen LogP contribution in [0.1, 0.15) is 20.8 Å². The molecule has 0 bridgehead atoms. The van der Waals surface area contributed by atoms with Crippen LogP contribution in [0.25, 0.3) is 0 Å². The maximum Gasteiger partial charge on any atom is 0.0740 e. The van der Waals surface area contributed by atoms with Crippen LogP contribution in [0.2, 0.25) is 0 Å². The molecule has 0 spiro atoms. The van der Waals surface area contributed by atoms with E-state index >= 15 is 0 Å². The first-order chi connectivity index (χ1) is 6.79. The fraction of sp³-hybridized carbons (Fsp3) is 0.167. The van der Waals surface area contributed by atoms with E-state index in [9.17, 15) is 0 Å². The number of aryl methyl sites for hydroxylation is 1. The van der Waals surface area contributed by atoms with E-state index in [0.717, 1.165) is 0 Å². The highest BCUT2D eigenvalue weighted by Crippen LogP contribution is 2.35. The Bertz CT molecular complexity index is 405. The van der Waals surface area contributed by atoms with Crippen LogP contribution in [-0.4, -0.2) is 0 Å². The molecule has 2 aromatic rings. The highest BCUT2D eigenvalue weighted by Gasteiger charge is 2.12. The van der Waals surface area contributed by atoms with Crippen molar-refractivity contribution in [3.05, 3.63) is 57.8 Å². The number of thiophene rings is 1. The van der Waals surface area contributed by atoms with Crippen LogP contribution in [0.15, 0.2) is 41.8 Å². The predicted molar refractivity (Wildman–Crippen MR) is 66.3 cm³/mol. The van der Waals surface area contributed by atoms with Crippen molar-refractivity contribution >= 4 is 27.3 Å². The van der Waals surface area contributed by atoms with E-state index in [1.165, 1.54) is 16.0 Å². The molecule has 0 saturated carbocycles. The van der Waals surface area contributed by atoms with Crippen LogP contribution in [0.3, 0.4) is 0 Å². The van der Waals surface area contributed by atoms with Gasteiger partial charge in [-0.25, -0.2) is 0 Å². The Morgan fingerprint density at radius 1 is 1.14 bits per heavy atom. The van der Waals surface area contributed by atoms with Crippen molar-refractivity contribution in [2.45, 2.75) is 11.8 Å². The summed E-state index contributed by atoms with van der Waals surface area (Å²) < 4.78 is 0. The van der Waals surface area contributed by atoms with Crippen molar-refractivity contribution in [1.29, 1.82) is 0 Å². The first-order valence-corrected chi connectivity index (χ1v) is 6.31. The van der Waals surface area contributed by atoms with Crippen LogP contribution in [-0.2, 0) is 0 Å². The number of rotatable bonds is 2. The summed E-state index contributed by atoms with van der Waals surface area (Å²) in [5, 5.41) is 2.14. The molecule has 2 heteroatoms. The predicted octanol–water partition coefficient (Wildman–Crippen LogP) is 4.54. The van der Waals surface area contributed by atoms with Gasteiger partial charge in [0, 0.05) is 4.88 Å². The van der Waals surface area contributed by atoms with Gasteiger partial charge < -0.3 is 0 Å². The molecule has 2 rings (SSSR count). The van der Waals surface area contributed by atoms with Gasteiger partial charge in [-0.05, 0) is 29.5 Å². The summed E-state index contributed by atoms with van der Waals surface area (Å²) in [5.74, 6) is 0. The molecule has 14 heavy (non-hydrogen) atoms. The Hall–Kier alpha value is -0.600. The number of benzene rings is 1. The Kier molecular flexibility index (Phi) is 3.04. The third kappa shape index (κ3) is 1.91. The first kappa shape index (κ1) is 9.94. The average molecular weight is 267 g/mol. The lowest BCUT2D eigenvalue weighted by atomic mass is 10.1. The molecule has 0 aliphatic carbocycles. The second-order valence-corrected chi connectivity index (χ2v) is 5.10. The molecule has 1 unspecified atom stereocenters. The maximum absolute atomic E-state index is 3.73. The molecule has 1 aromatic heterocycles. The van der Waals surface area contributed by atoms with Gasteiger partial charge in [-0.3, -0.25) is 0 Å². The number of hydrogen-bond acceptors (Lipinski definition) is 1. The minimum Gasteiger partial charge on any atom is -0.147 e. The molecule has 1 heterocycles. The van der Waals surface area contributed by atoms with Gasteiger partial charge >= 0.3 is 0 Å². The van der Waals surface area contributed by atoms with E-state index in [1.807, 2.05) is 6.07 Å². The quantitative estimate of drug-likeness (QED) is 0.701. The van der Waals surface area contributed by atoms with Crippen molar-refractivity contribution in [3.63, 3.8) is 0 Å². The van der Waals surface area contributed by atoms with Gasteiger partial charge in [0.2, 0.25) is 0 Å². The number of hydrogen-bond donors (Lipinski definition) is 0. The summed E-state index contributed by atoms with van der Waals surface area (Å²) in [5.41, 5.74) is 2.68. The lowest BCUT2D eigenvalue weighted by Crippen LogP contribution is -1.90. The van der Waals surface area contributed by atoms with E-state index in [2.05, 4.69) is 58.6 Å². The molecule has 0 nitrogen and oxygen atoms in total. The molecule has 0 fully saturated rings. The summed E-state index contributed by atoms with van der Waals surface area (Å²) >= 11 is 5.54.